The first-order valence-corrected chi connectivity index (χ1v) is 10.5. The Morgan fingerprint density at radius 3 is 2.38 bits per heavy atom. The third-order valence-electron chi connectivity index (χ3n) is 4.35. The summed E-state index contributed by atoms with van der Waals surface area (Å²) in [6.45, 7) is 0.444. The molecule has 6 nitrogen and oxygen atoms in total. The molecule has 3 rings (SSSR count). The third-order valence-corrected chi connectivity index (χ3v) is 5.75. The monoisotopic (exact) mass is 410 g/mol. The molecule has 29 heavy (non-hydrogen) atoms. The van der Waals surface area contributed by atoms with Crippen LogP contribution in [0.1, 0.15) is 21.5 Å². The van der Waals surface area contributed by atoms with E-state index in [2.05, 4.69) is 10.0 Å². The van der Waals surface area contributed by atoms with Crippen LogP contribution in [0.15, 0.2) is 83.8 Å². The van der Waals surface area contributed by atoms with E-state index < -0.39 is 10.0 Å². The quantitative estimate of drug-likeness (QED) is 0.598. The van der Waals surface area contributed by atoms with Gasteiger partial charge >= 0.3 is 0 Å². The predicted octanol–water partition coefficient (Wildman–Crippen LogP) is 3.10. The van der Waals surface area contributed by atoms with Crippen LogP contribution in [0.5, 0.6) is 5.75 Å². The molecule has 0 fully saturated rings. The molecule has 0 spiro atoms. The lowest BCUT2D eigenvalue weighted by atomic mass is 10.2. The predicted molar refractivity (Wildman–Crippen MR) is 111 cm³/mol. The number of methoxy groups -OCH3 is 1. The molecule has 0 aliphatic carbocycles. The van der Waals surface area contributed by atoms with Crippen molar-refractivity contribution in [3.05, 3.63) is 95.6 Å². The normalized spacial score (nSPS) is 11.1. The van der Waals surface area contributed by atoms with E-state index in [1.54, 1.807) is 19.2 Å². The van der Waals surface area contributed by atoms with Gasteiger partial charge in [-0.25, -0.2) is 13.1 Å². The van der Waals surface area contributed by atoms with Gasteiger partial charge in [-0.05, 0) is 29.8 Å². The number of carbonyl (C=O) groups is 1. The number of amides is 1. The Morgan fingerprint density at radius 1 is 0.897 bits per heavy atom. The summed E-state index contributed by atoms with van der Waals surface area (Å²) >= 11 is 0. The molecule has 0 heterocycles. The second-order valence-electron chi connectivity index (χ2n) is 6.33. The van der Waals surface area contributed by atoms with Crippen LogP contribution in [-0.2, 0) is 23.1 Å². The van der Waals surface area contributed by atoms with Gasteiger partial charge in [0.2, 0.25) is 10.0 Å². The molecule has 7 heteroatoms. The Hall–Kier alpha value is -3.16. The van der Waals surface area contributed by atoms with Crippen molar-refractivity contribution in [2.24, 2.45) is 0 Å². The zero-order valence-corrected chi connectivity index (χ0v) is 16.8. The first-order valence-electron chi connectivity index (χ1n) is 9.03. The highest BCUT2D eigenvalue weighted by atomic mass is 32.2. The molecule has 0 aromatic heterocycles. The molecule has 2 N–H and O–H groups in total. The summed E-state index contributed by atoms with van der Waals surface area (Å²) in [7, 11) is -2.18. The van der Waals surface area contributed by atoms with Gasteiger partial charge in [-0.2, -0.15) is 0 Å². The van der Waals surface area contributed by atoms with Gasteiger partial charge in [0, 0.05) is 24.2 Å². The number of ether oxygens (including phenoxy) is 1. The fourth-order valence-electron chi connectivity index (χ4n) is 2.79. The van der Waals surface area contributed by atoms with E-state index in [-0.39, 0.29) is 29.5 Å². The molecule has 3 aromatic carbocycles. The molecule has 0 bridgehead atoms. The summed E-state index contributed by atoms with van der Waals surface area (Å²) < 4.78 is 33.0. The van der Waals surface area contributed by atoms with Gasteiger partial charge in [-0.3, -0.25) is 4.79 Å². The molecule has 0 atom stereocenters. The molecule has 150 valence electrons. The van der Waals surface area contributed by atoms with Crippen molar-refractivity contribution in [3.63, 3.8) is 0 Å². The molecule has 0 radical (unpaired) electrons. The number of rotatable bonds is 8. The van der Waals surface area contributed by atoms with Crippen LogP contribution in [0.25, 0.3) is 0 Å². The largest absolute Gasteiger partial charge is 0.496 e. The highest BCUT2D eigenvalue weighted by molar-refractivity contribution is 7.89. The second kappa shape index (κ2) is 9.36. The standard InChI is InChI=1S/C22H22N2O4S/c1-28-21-13-6-5-10-19(21)16-23-22(25)18-11-7-12-20(14-18)29(26,27)24-15-17-8-3-2-4-9-17/h2-14,24H,15-16H2,1H3,(H,23,25). The van der Waals surface area contributed by atoms with E-state index in [4.69, 9.17) is 4.74 Å². The Balaban J connectivity index is 1.68. The maximum absolute atomic E-state index is 12.6. The number of hydrogen-bond donors (Lipinski definition) is 2. The highest BCUT2D eigenvalue weighted by Crippen LogP contribution is 2.17. The summed E-state index contributed by atoms with van der Waals surface area (Å²) in [6, 6.07) is 22.6. The minimum absolute atomic E-state index is 0.0402. The van der Waals surface area contributed by atoms with E-state index in [9.17, 15) is 13.2 Å². The van der Waals surface area contributed by atoms with Gasteiger partial charge in [0.15, 0.2) is 0 Å². The molecule has 0 saturated carbocycles. The van der Waals surface area contributed by atoms with Gasteiger partial charge in [0.05, 0.1) is 12.0 Å². The summed E-state index contributed by atoms with van der Waals surface area (Å²) in [5.74, 6) is 0.310. The Labute approximate surface area is 170 Å². The van der Waals surface area contributed by atoms with Crippen molar-refractivity contribution in [2.75, 3.05) is 7.11 Å². The lowest BCUT2D eigenvalue weighted by molar-refractivity contribution is 0.0950. The second-order valence-corrected chi connectivity index (χ2v) is 8.10. The summed E-state index contributed by atoms with van der Waals surface area (Å²) in [6.07, 6.45) is 0. The average molecular weight is 410 g/mol. The average Bonchev–Trinajstić information content (AvgIpc) is 2.77. The van der Waals surface area contributed by atoms with Crippen molar-refractivity contribution >= 4 is 15.9 Å². The summed E-state index contributed by atoms with van der Waals surface area (Å²) in [5, 5.41) is 2.79. The Kier molecular flexibility index (Phi) is 6.64. The Bertz CT molecular complexity index is 1080. The van der Waals surface area contributed by atoms with E-state index in [0.717, 1.165) is 11.1 Å². The van der Waals surface area contributed by atoms with Gasteiger partial charge in [-0.15, -0.1) is 0 Å². The Morgan fingerprint density at radius 2 is 1.62 bits per heavy atom. The first-order chi connectivity index (χ1) is 14.0. The molecule has 3 aromatic rings. The SMILES string of the molecule is COc1ccccc1CNC(=O)c1cccc(S(=O)(=O)NCc2ccccc2)c1. The highest BCUT2D eigenvalue weighted by Gasteiger charge is 2.16. The molecule has 0 aliphatic heterocycles. The fourth-order valence-corrected chi connectivity index (χ4v) is 3.85. The zero-order valence-electron chi connectivity index (χ0n) is 16.0. The van der Waals surface area contributed by atoms with Crippen LogP contribution in [0, 0.1) is 0 Å². The van der Waals surface area contributed by atoms with Crippen LogP contribution >= 0.6 is 0 Å². The van der Waals surface area contributed by atoms with Crippen molar-refractivity contribution in [2.45, 2.75) is 18.0 Å². The van der Waals surface area contributed by atoms with E-state index in [1.807, 2.05) is 54.6 Å². The van der Waals surface area contributed by atoms with Crippen LogP contribution in [0.4, 0.5) is 0 Å². The van der Waals surface area contributed by atoms with Crippen molar-refractivity contribution in [1.29, 1.82) is 0 Å². The van der Waals surface area contributed by atoms with E-state index in [1.165, 1.54) is 12.1 Å². The molecule has 0 aliphatic rings. The van der Waals surface area contributed by atoms with E-state index in [0.29, 0.717) is 5.75 Å². The minimum Gasteiger partial charge on any atom is -0.496 e. The summed E-state index contributed by atoms with van der Waals surface area (Å²) in [4.78, 5) is 12.5. The molecule has 1 amide bonds. The maximum Gasteiger partial charge on any atom is 0.251 e. The van der Waals surface area contributed by atoms with Gasteiger partial charge in [0.25, 0.3) is 5.91 Å². The lowest BCUT2D eigenvalue weighted by Crippen LogP contribution is -2.25. The van der Waals surface area contributed by atoms with E-state index >= 15 is 0 Å². The maximum atomic E-state index is 12.6. The summed E-state index contributed by atoms with van der Waals surface area (Å²) in [5.41, 5.74) is 1.95. The van der Waals surface area contributed by atoms with Gasteiger partial charge in [0.1, 0.15) is 5.75 Å². The van der Waals surface area contributed by atoms with Crippen LogP contribution in [0.3, 0.4) is 0 Å². The molecular formula is C22H22N2O4S. The van der Waals surface area contributed by atoms with Gasteiger partial charge < -0.3 is 10.1 Å². The van der Waals surface area contributed by atoms with Crippen molar-refractivity contribution < 1.29 is 17.9 Å². The number of carbonyl (C=O) groups excluding carboxylic acids is 1. The zero-order chi connectivity index (χ0) is 20.7. The molecule has 0 saturated heterocycles. The van der Waals surface area contributed by atoms with Crippen molar-refractivity contribution in [3.8, 4) is 5.75 Å². The third kappa shape index (κ3) is 5.43. The fraction of sp³-hybridized carbons (Fsp3) is 0.136. The smallest absolute Gasteiger partial charge is 0.251 e. The number of para-hydroxylation sites is 1. The molecular weight excluding hydrogens is 388 g/mol. The van der Waals surface area contributed by atoms with Crippen LogP contribution < -0.4 is 14.8 Å². The van der Waals surface area contributed by atoms with Gasteiger partial charge in [-0.1, -0.05) is 54.6 Å². The van der Waals surface area contributed by atoms with Crippen LogP contribution in [0.2, 0.25) is 0 Å². The van der Waals surface area contributed by atoms with Crippen molar-refractivity contribution in [1.82, 2.24) is 10.0 Å². The number of sulfonamides is 1. The number of nitrogens with one attached hydrogen (secondary N) is 2. The molecule has 0 unspecified atom stereocenters. The van der Waals surface area contributed by atoms with Crippen LogP contribution in [-0.4, -0.2) is 21.4 Å². The number of benzene rings is 3. The first kappa shape index (κ1) is 20.6. The minimum atomic E-state index is -3.74. The topological polar surface area (TPSA) is 84.5 Å². The lowest BCUT2D eigenvalue weighted by Gasteiger charge is -2.11. The number of hydrogen-bond acceptors (Lipinski definition) is 4.